The number of hydrogen-bond acceptors (Lipinski definition) is 10. The second kappa shape index (κ2) is 17.5. The Kier molecular flexibility index (Phi) is 15.7. The van der Waals surface area contributed by atoms with Crippen molar-refractivity contribution in [3.63, 3.8) is 0 Å². The molecule has 16 heteroatoms. The van der Waals surface area contributed by atoms with Crippen LogP contribution in [0.2, 0.25) is 0 Å². The Bertz CT molecular complexity index is 858. The van der Waals surface area contributed by atoms with Crippen molar-refractivity contribution >= 4 is 41.6 Å². The molecular formula is C22H38N6O10. The number of nitrogens with one attached hydrogen (secondary N) is 5. The highest BCUT2D eigenvalue weighted by Gasteiger charge is 2.27. The number of alkyl carbamates (subject to hydrolysis) is 1. The van der Waals surface area contributed by atoms with Gasteiger partial charge in [-0.3, -0.25) is 28.8 Å². The van der Waals surface area contributed by atoms with Crippen LogP contribution in [-0.4, -0.2) is 97.2 Å². The van der Waals surface area contributed by atoms with Gasteiger partial charge in [0.15, 0.2) is 0 Å². The summed E-state index contributed by atoms with van der Waals surface area (Å²) in [6.45, 7) is 4.74. The molecule has 0 aliphatic heterocycles. The Morgan fingerprint density at radius 2 is 1.53 bits per heavy atom. The number of carbonyl (C=O) groups excluding carboxylic acids is 7. The zero-order valence-corrected chi connectivity index (χ0v) is 22.0. The summed E-state index contributed by atoms with van der Waals surface area (Å²) in [5.74, 6) is -4.04. The summed E-state index contributed by atoms with van der Waals surface area (Å²) in [4.78, 5) is 82.6. The molecule has 0 saturated carbocycles. The Balaban J connectivity index is 4.90. The standard InChI is InChI=1S/C22H38N6O10/c1-13(19(34)26-12-17(32)25-11-15(23)30)27-20(35)14(28-21(36)38-22(2,3)4)5-8-24-16(31)7-10-37-18(33)6-9-29/h13-14,29H,5-12H2,1-4H3,(H2,23,30)(H,24,31)(H,25,32)(H,26,34)(H,27,35)(H,28,36)/t13-,14+/m0/s1. The first kappa shape index (κ1) is 34.0. The molecule has 2 atom stereocenters. The third-order valence-electron chi connectivity index (χ3n) is 4.31. The van der Waals surface area contributed by atoms with Crippen molar-refractivity contribution in [1.82, 2.24) is 26.6 Å². The third-order valence-corrected chi connectivity index (χ3v) is 4.31. The summed E-state index contributed by atoms with van der Waals surface area (Å²) in [6, 6.07) is -2.32. The molecule has 0 fully saturated rings. The molecule has 0 aliphatic carbocycles. The maximum Gasteiger partial charge on any atom is 0.408 e. The fraction of sp³-hybridized carbons (Fsp3) is 0.682. The number of primary amides is 1. The predicted molar refractivity (Wildman–Crippen MR) is 131 cm³/mol. The second-order valence-corrected chi connectivity index (χ2v) is 8.97. The van der Waals surface area contributed by atoms with Crippen molar-refractivity contribution in [3.05, 3.63) is 0 Å². The number of aliphatic hydroxyl groups is 1. The average molecular weight is 547 g/mol. The van der Waals surface area contributed by atoms with Gasteiger partial charge in [0.1, 0.15) is 24.3 Å². The number of aliphatic hydroxyl groups excluding tert-OH is 1. The van der Waals surface area contributed by atoms with Crippen LogP contribution in [0, 0.1) is 0 Å². The van der Waals surface area contributed by atoms with Crippen LogP contribution in [-0.2, 0) is 38.2 Å². The molecule has 8 N–H and O–H groups in total. The Hall–Kier alpha value is -3.95. The molecule has 0 bridgehead atoms. The molecule has 0 radical (unpaired) electrons. The summed E-state index contributed by atoms with van der Waals surface area (Å²) < 4.78 is 9.92. The molecule has 0 rings (SSSR count). The summed E-state index contributed by atoms with van der Waals surface area (Å²) in [6.07, 6.45) is -1.32. The van der Waals surface area contributed by atoms with E-state index in [-0.39, 0.29) is 39.0 Å². The van der Waals surface area contributed by atoms with Gasteiger partial charge in [0.2, 0.25) is 29.5 Å². The molecule has 216 valence electrons. The molecule has 6 amide bonds. The second-order valence-electron chi connectivity index (χ2n) is 8.97. The van der Waals surface area contributed by atoms with Gasteiger partial charge in [0.05, 0.1) is 32.5 Å². The zero-order chi connectivity index (χ0) is 29.3. The molecule has 0 aromatic rings. The number of rotatable bonds is 16. The van der Waals surface area contributed by atoms with Gasteiger partial charge in [-0.2, -0.15) is 0 Å². The number of hydrogen-bond donors (Lipinski definition) is 7. The normalized spacial score (nSPS) is 12.2. The fourth-order valence-corrected chi connectivity index (χ4v) is 2.53. The number of carbonyl (C=O) groups is 7. The minimum absolute atomic E-state index is 0.0576. The van der Waals surface area contributed by atoms with Crippen molar-refractivity contribution in [2.24, 2.45) is 5.73 Å². The van der Waals surface area contributed by atoms with Gasteiger partial charge in [0.25, 0.3) is 0 Å². The minimum Gasteiger partial charge on any atom is -0.465 e. The lowest BCUT2D eigenvalue weighted by atomic mass is 10.1. The molecular weight excluding hydrogens is 508 g/mol. The highest BCUT2D eigenvalue weighted by molar-refractivity contribution is 5.93. The molecule has 0 heterocycles. The van der Waals surface area contributed by atoms with Crippen LogP contribution in [0.1, 0.15) is 47.0 Å². The maximum atomic E-state index is 12.8. The van der Waals surface area contributed by atoms with Gasteiger partial charge < -0.3 is 46.9 Å². The highest BCUT2D eigenvalue weighted by atomic mass is 16.6. The summed E-state index contributed by atoms with van der Waals surface area (Å²) in [7, 11) is 0. The maximum absolute atomic E-state index is 12.8. The average Bonchev–Trinajstić information content (AvgIpc) is 2.79. The van der Waals surface area contributed by atoms with Crippen molar-refractivity contribution in [3.8, 4) is 0 Å². The Labute approximate surface area is 220 Å². The van der Waals surface area contributed by atoms with Crippen LogP contribution in [0.5, 0.6) is 0 Å². The first-order valence-corrected chi connectivity index (χ1v) is 11.8. The lowest BCUT2D eigenvalue weighted by Crippen LogP contribution is -2.54. The van der Waals surface area contributed by atoms with Crippen molar-refractivity contribution in [1.29, 1.82) is 0 Å². The zero-order valence-electron chi connectivity index (χ0n) is 22.0. The molecule has 38 heavy (non-hydrogen) atoms. The van der Waals surface area contributed by atoms with E-state index in [0.29, 0.717) is 0 Å². The van der Waals surface area contributed by atoms with Crippen LogP contribution >= 0.6 is 0 Å². The van der Waals surface area contributed by atoms with E-state index < -0.39 is 72.4 Å². The van der Waals surface area contributed by atoms with Crippen LogP contribution in [0.3, 0.4) is 0 Å². The number of ether oxygens (including phenoxy) is 2. The Morgan fingerprint density at radius 1 is 0.868 bits per heavy atom. The molecule has 0 unspecified atom stereocenters. The van der Waals surface area contributed by atoms with E-state index in [2.05, 4.69) is 26.6 Å². The minimum atomic E-state index is -1.21. The van der Waals surface area contributed by atoms with Gasteiger partial charge in [-0.05, 0) is 34.1 Å². The Morgan fingerprint density at radius 3 is 2.11 bits per heavy atom. The molecule has 16 nitrogen and oxygen atoms in total. The number of amides is 6. The summed E-state index contributed by atoms with van der Waals surface area (Å²) >= 11 is 0. The van der Waals surface area contributed by atoms with E-state index in [0.717, 1.165) is 0 Å². The van der Waals surface area contributed by atoms with Gasteiger partial charge in [0, 0.05) is 6.54 Å². The van der Waals surface area contributed by atoms with Crippen molar-refractivity contribution < 1.29 is 48.1 Å². The van der Waals surface area contributed by atoms with Crippen LogP contribution in [0.25, 0.3) is 0 Å². The van der Waals surface area contributed by atoms with E-state index in [1.807, 2.05) is 0 Å². The monoisotopic (exact) mass is 546 g/mol. The van der Waals surface area contributed by atoms with E-state index in [4.69, 9.17) is 20.3 Å². The molecule has 0 saturated heterocycles. The first-order valence-electron chi connectivity index (χ1n) is 11.8. The third kappa shape index (κ3) is 17.5. The van der Waals surface area contributed by atoms with Crippen molar-refractivity contribution in [2.45, 2.75) is 64.6 Å². The fourth-order valence-electron chi connectivity index (χ4n) is 2.53. The van der Waals surface area contributed by atoms with E-state index in [1.54, 1.807) is 20.8 Å². The van der Waals surface area contributed by atoms with Gasteiger partial charge >= 0.3 is 12.1 Å². The van der Waals surface area contributed by atoms with Crippen LogP contribution < -0.4 is 32.3 Å². The topological polar surface area (TPSA) is 244 Å². The quantitative estimate of drug-likeness (QED) is 0.0962. The molecule has 0 aromatic carbocycles. The first-order chi connectivity index (χ1) is 17.6. The summed E-state index contributed by atoms with van der Waals surface area (Å²) in [5.41, 5.74) is 4.06. The largest absolute Gasteiger partial charge is 0.465 e. The molecule has 0 aliphatic rings. The van der Waals surface area contributed by atoms with Gasteiger partial charge in [-0.25, -0.2) is 4.79 Å². The summed E-state index contributed by atoms with van der Waals surface area (Å²) in [5, 5.41) is 20.4. The lowest BCUT2D eigenvalue weighted by Gasteiger charge is -2.24. The van der Waals surface area contributed by atoms with Gasteiger partial charge in [-0.15, -0.1) is 0 Å². The smallest absolute Gasteiger partial charge is 0.408 e. The van der Waals surface area contributed by atoms with Crippen LogP contribution in [0.4, 0.5) is 4.79 Å². The molecule has 0 spiro atoms. The predicted octanol–water partition coefficient (Wildman–Crippen LogP) is -3.08. The number of nitrogens with two attached hydrogens (primary N) is 1. The van der Waals surface area contributed by atoms with Crippen LogP contribution in [0.15, 0.2) is 0 Å². The van der Waals surface area contributed by atoms with E-state index >= 15 is 0 Å². The van der Waals surface area contributed by atoms with Gasteiger partial charge in [-0.1, -0.05) is 0 Å². The van der Waals surface area contributed by atoms with E-state index in [1.165, 1.54) is 6.92 Å². The van der Waals surface area contributed by atoms with E-state index in [9.17, 15) is 33.6 Å². The highest BCUT2D eigenvalue weighted by Crippen LogP contribution is 2.07. The number of esters is 1. The lowest BCUT2D eigenvalue weighted by molar-refractivity contribution is -0.145. The molecule has 0 aromatic heterocycles. The SMILES string of the molecule is C[C@H](NC(=O)[C@@H](CCNC(=O)CCOC(=O)CCO)NC(=O)OC(C)(C)C)C(=O)NCC(=O)NCC(N)=O. The van der Waals surface area contributed by atoms with Crippen molar-refractivity contribution in [2.75, 3.05) is 32.8 Å².